The predicted octanol–water partition coefficient (Wildman–Crippen LogP) is 15.3. The number of benzene rings is 10. The van der Waals surface area contributed by atoms with Crippen LogP contribution in [0.15, 0.2) is 218 Å². The predicted molar refractivity (Wildman–Crippen MR) is 245 cm³/mol. The molecule has 10 rings (SSSR count). The molecule has 0 aliphatic heterocycles. The molecule has 0 aromatic heterocycles. The standard InChI is InChI=1S/C55H40N2/c1-5-13-47-35-42(19-24-43(47)9-1)39-56(53-32-25-44-10-2-6-14-48(44)36-53)51-28-20-40(21-29-51)17-18-41-22-30-52(31-23-41)57(54-33-26-45-11-3-7-15-49(45)37-54)55-34-27-46-12-4-8-16-50(46)38-55/h1-38H,39H2/b18-17+. The van der Waals surface area contributed by atoms with Gasteiger partial charge in [0.2, 0.25) is 0 Å². The Labute approximate surface area is 333 Å². The van der Waals surface area contributed by atoms with Crippen LogP contribution in [0.25, 0.3) is 55.2 Å². The fourth-order valence-corrected chi connectivity index (χ4v) is 7.97. The Bertz CT molecular complexity index is 2970. The molecule has 0 unspecified atom stereocenters. The first-order chi connectivity index (χ1) is 28.2. The maximum absolute atomic E-state index is 2.42. The van der Waals surface area contributed by atoms with E-state index in [0.29, 0.717) is 0 Å². The molecule has 0 saturated heterocycles. The molecule has 10 aromatic carbocycles. The summed E-state index contributed by atoms with van der Waals surface area (Å²) >= 11 is 0. The first-order valence-electron chi connectivity index (χ1n) is 19.6. The lowest BCUT2D eigenvalue weighted by Gasteiger charge is -2.26. The van der Waals surface area contributed by atoms with Crippen molar-refractivity contribution in [2.45, 2.75) is 6.54 Å². The molecule has 0 atom stereocenters. The van der Waals surface area contributed by atoms with Crippen molar-refractivity contribution in [3.63, 3.8) is 0 Å². The van der Waals surface area contributed by atoms with Crippen molar-refractivity contribution >= 4 is 83.7 Å². The van der Waals surface area contributed by atoms with Crippen molar-refractivity contribution in [2.24, 2.45) is 0 Å². The summed E-state index contributed by atoms with van der Waals surface area (Å²) in [7, 11) is 0. The van der Waals surface area contributed by atoms with Crippen LogP contribution >= 0.6 is 0 Å². The average molecular weight is 729 g/mol. The van der Waals surface area contributed by atoms with E-state index in [1.54, 1.807) is 0 Å². The monoisotopic (exact) mass is 728 g/mol. The summed E-state index contributed by atoms with van der Waals surface area (Å²) in [4.78, 5) is 4.77. The number of fused-ring (bicyclic) bond motifs is 4. The number of rotatable bonds is 9. The lowest BCUT2D eigenvalue weighted by atomic mass is 10.0. The van der Waals surface area contributed by atoms with Crippen molar-refractivity contribution in [3.8, 4) is 0 Å². The first kappa shape index (κ1) is 34.1. The fraction of sp³-hybridized carbons (Fsp3) is 0.0182. The molecule has 2 nitrogen and oxygen atoms in total. The minimum absolute atomic E-state index is 0.764. The summed E-state index contributed by atoms with van der Waals surface area (Å²) < 4.78 is 0. The van der Waals surface area contributed by atoms with Crippen molar-refractivity contribution in [1.82, 2.24) is 0 Å². The normalized spacial score (nSPS) is 11.5. The highest BCUT2D eigenvalue weighted by Crippen LogP contribution is 2.38. The van der Waals surface area contributed by atoms with E-state index in [9.17, 15) is 0 Å². The molecule has 0 aliphatic carbocycles. The van der Waals surface area contributed by atoms with E-state index >= 15 is 0 Å². The SMILES string of the molecule is C(=C\c1ccc(N(c2ccc3ccccc3c2)c2ccc3ccccc3c2)cc1)/c1ccc(N(Cc2ccc3ccccc3c2)c2ccc3ccccc3c2)cc1. The fourth-order valence-electron chi connectivity index (χ4n) is 7.97. The molecule has 0 bridgehead atoms. The van der Waals surface area contributed by atoms with Crippen molar-refractivity contribution in [1.29, 1.82) is 0 Å². The molecule has 2 heteroatoms. The Kier molecular flexibility index (Phi) is 8.98. The second-order valence-corrected chi connectivity index (χ2v) is 14.7. The zero-order valence-corrected chi connectivity index (χ0v) is 31.5. The largest absolute Gasteiger partial charge is 0.337 e. The van der Waals surface area contributed by atoms with Crippen LogP contribution in [0.3, 0.4) is 0 Å². The van der Waals surface area contributed by atoms with Gasteiger partial charge in [-0.25, -0.2) is 0 Å². The Morgan fingerprint density at radius 2 is 0.632 bits per heavy atom. The minimum atomic E-state index is 0.764. The van der Waals surface area contributed by atoms with Crippen LogP contribution in [0, 0.1) is 0 Å². The van der Waals surface area contributed by atoms with Gasteiger partial charge in [-0.2, -0.15) is 0 Å². The summed E-state index contributed by atoms with van der Waals surface area (Å²) in [6, 6.07) is 79.0. The van der Waals surface area contributed by atoms with E-state index in [0.717, 1.165) is 40.4 Å². The molecule has 270 valence electrons. The topological polar surface area (TPSA) is 6.48 Å². The minimum Gasteiger partial charge on any atom is -0.337 e. The third kappa shape index (κ3) is 7.13. The van der Waals surface area contributed by atoms with Gasteiger partial charge < -0.3 is 9.80 Å². The second-order valence-electron chi connectivity index (χ2n) is 14.7. The summed E-state index contributed by atoms with van der Waals surface area (Å²) in [5.74, 6) is 0. The molecule has 0 N–H and O–H groups in total. The molecule has 0 spiro atoms. The molecule has 0 fully saturated rings. The van der Waals surface area contributed by atoms with E-state index in [1.165, 1.54) is 54.3 Å². The summed E-state index contributed by atoms with van der Waals surface area (Å²) in [5.41, 5.74) is 9.27. The van der Waals surface area contributed by atoms with Crippen molar-refractivity contribution in [2.75, 3.05) is 9.80 Å². The highest BCUT2D eigenvalue weighted by molar-refractivity contribution is 5.93. The van der Waals surface area contributed by atoms with Crippen LogP contribution in [0.1, 0.15) is 16.7 Å². The Morgan fingerprint density at radius 1 is 0.281 bits per heavy atom. The van der Waals surface area contributed by atoms with Crippen LogP contribution in [-0.2, 0) is 6.54 Å². The average Bonchev–Trinajstić information content (AvgIpc) is 3.28. The molecule has 57 heavy (non-hydrogen) atoms. The Balaban J connectivity index is 0.933. The molecule has 0 heterocycles. The number of hydrogen-bond donors (Lipinski definition) is 0. The molecule has 0 radical (unpaired) electrons. The molecular formula is C55H40N2. The quantitative estimate of drug-likeness (QED) is 0.137. The Hall–Kier alpha value is -7.42. The first-order valence-corrected chi connectivity index (χ1v) is 19.6. The highest BCUT2D eigenvalue weighted by Gasteiger charge is 2.15. The highest BCUT2D eigenvalue weighted by atomic mass is 15.1. The third-order valence-electron chi connectivity index (χ3n) is 11.0. The molecule has 0 saturated carbocycles. The van der Waals surface area contributed by atoms with E-state index in [2.05, 4.69) is 240 Å². The van der Waals surface area contributed by atoms with E-state index in [-0.39, 0.29) is 0 Å². The maximum atomic E-state index is 2.42. The van der Waals surface area contributed by atoms with Gasteiger partial charge in [0.25, 0.3) is 0 Å². The van der Waals surface area contributed by atoms with Gasteiger partial charge in [-0.3, -0.25) is 0 Å². The summed E-state index contributed by atoms with van der Waals surface area (Å²) in [6.07, 6.45) is 4.40. The van der Waals surface area contributed by atoms with Crippen LogP contribution in [0.4, 0.5) is 28.4 Å². The second kappa shape index (κ2) is 15.0. The van der Waals surface area contributed by atoms with Gasteiger partial charge in [0.1, 0.15) is 0 Å². The number of anilines is 5. The zero-order chi connectivity index (χ0) is 38.0. The molecule has 0 amide bonds. The summed E-state index contributed by atoms with van der Waals surface area (Å²) in [6.45, 7) is 0.764. The lowest BCUT2D eigenvalue weighted by Crippen LogP contribution is -2.16. The lowest BCUT2D eigenvalue weighted by molar-refractivity contribution is 0.979. The van der Waals surface area contributed by atoms with E-state index in [4.69, 9.17) is 0 Å². The third-order valence-corrected chi connectivity index (χ3v) is 11.0. The smallest absolute Gasteiger partial charge is 0.0481 e. The Morgan fingerprint density at radius 3 is 1.11 bits per heavy atom. The number of hydrogen-bond acceptors (Lipinski definition) is 2. The van der Waals surface area contributed by atoms with Gasteiger partial charge >= 0.3 is 0 Å². The van der Waals surface area contributed by atoms with Gasteiger partial charge in [0.15, 0.2) is 0 Å². The van der Waals surface area contributed by atoms with Crippen LogP contribution in [0.5, 0.6) is 0 Å². The molecule has 0 aliphatic rings. The summed E-state index contributed by atoms with van der Waals surface area (Å²) in [5, 5.41) is 9.92. The van der Waals surface area contributed by atoms with Crippen molar-refractivity contribution in [3.05, 3.63) is 235 Å². The maximum Gasteiger partial charge on any atom is 0.0481 e. The number of nitrogens with zero attached hydrogens (tertiary/aromatic N) is 2. The zero-order valence-electron chi connectivity index (χ0n) is 31.5. The molecular weight excluding hydrogens is 689 g/mol. The van der Waals surface area contributed by atoms with Crippen LogP contribution in [-0.4, -0.2) is 0 Å². The molecule has 10 aromatic rings. The van der Waals surface area contributed by atoms with Gasteiger partial charge in [0.05, 0.1) is 0 Å². The van der Waals surface area contributed by atoms with Gasteiger partial charge in [-0.15, -0.1) is 0 Å². The van der Waals surface area contributed by atoms with E-state index in [1.807, 2.05) is 0 Å². The van der Waals surface area contributed by atoms with Crippen molar-refractivity contribution < 1.29 is 0 Å². The van der Waals surface area contributed by atoms with E-state index < -0.39 is 0 Å². The van der Waals surface area contributed by atoms with Gasteiger partial charge in [0, 0.05) is 35.0 Å². The van der Waals surface area contributed by atoms with Crippen LogP contribution in [0.2, 0.25) is 0 Å². The van der Waals surface area contributed by atoms with Gasteiger partial charge in [-0.05, 0) is 127 Å². The van der Waals surface area contributed by atoms with Gasteiger partial charge in [-0.1, -0.05) is 164 Å². The van der Waals surface area contributed by atoms with Crippen LogP contribution < -0.4 is 9.80 Å².